The van der Waals surface area contributed by atoms with E-state index in [9.17, 15) is 4.79 Å². The molecule has 1 amide bonds. The molecule has 116 valence electrons. The van der Waals surface area contributed by atoms with Gasteiger partial charge in [0.25, 0.3) is 0 Å². The van der Waals surface area contributed by atoms with E-state index in [1.54, 1.807) is 0 Å². The van der Waals surface area contributed by atoms with Crippen molar-refractivity contribution in [3.8, 4) is 0 Å². The Kier molecular flexibility index (Phi) is 4.91. The number of carbonyl (C=O) groups is 1. The van der Waals surface area contributed by atoms with E-state index in [1.165, 1.54) is 25.9 Å². The van der Waals surface area contributed by atoms with E-state index in [0.717, 1.165) is 19.6 Å². The second-order valence-corrected chi connectivity index (χ2v) is 6.97. The number of ether oxygens (including phenoxy) is 1. The van der Waals surface area contributed by atoms with Gasteiger partial charge in [-0.05, 0) is 53.6 Å². The molecule has 0 aromatic carbocycles. The van der Waals surface area contributed by atoms with E-state index < -0.39 is 5.60 Å². The van der Waals surface area contributed by atoms with Gasteiger partial charge in [-0.2, -0.15) is 0 Å². The van der Waals surface area contributed by atoms with Crippen LogP contribution in [-0.4, -0.2) is 66.3 Å². The van der Waals surface area contributed by atoms with E-state index in [-0.39, 0.29) is 6.09 Å². The SMILES string of the molecule is C[C@H]([C@H]1CN(C(=O)OC(C)(C)C)CCN1)N1CCCC1. The summed E-state index contributed by atoms with van der Waals surface area (Å²) in [5, 5.41) is 3.55. The van der Waals surface area contributed by atoms with Crippen LogP contribution in [0, 0.1) is 0 Å². The molecule has 0 bridgehead atoms. The molecule has 0 saturated carbocycles. The molecule has 2 fully saturated rings. The highest BCUT2D eigenvalue weighted by atomic mass is 16.6. The van der Waals surface area contributed by atoms with Gasteiger partial charge in [-0.3, -0.25) is 4.90 Å². The predicted octanol–water partition coefficient (Wildman–Crippen LogP) is 1.68. The fourth-order valence-corrected chi connectivity index (χ4v) is 3.00. The van der Waals surface area contributed by atoms with Crippen LogP contribution in [-0.2, 0) is 4.74 Å². The van der Waals surface area contributed by atoms with Crippen LogP contribution in [0.1, 0.15) is 40.5 Å². The normalized spacial score (nSPS) is 26.6. The van der Waals surface area contributed by atoms with Crippen molar-refractivity contribution in [1.82, 2.24) is 15.1 Å². The van der Waals surface area contributed by atoms with Gasteiger partial charge in [0.15, 0.2) is 0 Å². The molecule has 2 heterocycles. The van der Waals surface area contributed by atoms with Gasteiger partial charge in [-0.25, -0.2) is 4.79 Å². The van der Waals surface area contributed by atoms with Crippen molar-refractivity contribution in [2.75, 3.05) is 32.7 Å². The first kappa shape index (κ1) is 15.6. The fourth-order valence-electron chi connectivity index (χ4n) is 3.00. The maximum atomic E-state index is 12.2. The third-order valence-corrected chi connectivity index (χ3v) is 4.16. The number of piperazine rings is 1. The maximum absolute atomic E-state index is 12.2. The average Bonchev–Trinajstić information content (AvgIpc) is 2.90. The Morgan fingerprint density at radius 3 is 2.50 bits per heavy atom. The van der Waals surface area contributed by atoms with Gasteiger partial charge >= 0.3 is 6.09 Å². The van der Waals surface area contributed by atoms with Crippen LogP contribution in [0.3, 0.4) is 0 Å². The molecule has 2 rings (SSSR count). The molecule has 2 aliphatic heterocycles. The van der Waals surface area contributed by atoms with Crippen LogP contribution in [0.4, 0.5) is 4.79 Å². The summed E-state index contributed by atoms with van der Waals surface area (Å²) >= 11 is 0. The summed E-state index contributed by atoms with van der Waals surface area (Å²) in [7, 11) is 0. The molecular weight excluding hydrogens is 254 g/mol. The second-order valence-electron chi connectivity index (χ2n) is 6.97. The van der Waals surface area contributed by atoms with Gasteiger partial charge in [-0.15, -0.1) is 0 Å². The number of hydrogen-bond acceptors (Lipinski definition) is 4. The van der Waals surface area contributed by atoms with E-state index >= 15 is 0 Å². The van der Waals surface area contributed by atoms with E-state index in [2.05, 4.69) is 17.1 Å². The highest BCUT2D eigenvalue weighted by Crippen LogP contribution is 2.17. The van der Waals surface area contributed by atoms with Gasteiger partial charge in [-0.1, -0.05) is 0 Å². The standard InChI is InChI=1S/C15H29N3O2/c1-12(17-8-5-6-9-17)13-11-18(10-7-16-13)14(19)20-15(2,3)4/h12-13,16H,5-11H2,1-4H3/t12-,13-/m1/s1. The Hall–Kier alpha value is -0.810. The lowest BCUT2D eigenvalue weighted by molar-refractivity contribution is 0.0159. The van der Waals surface area contributed by atoms with Gasteiger partial charge in [0.05, 0.1) is 0 Å². The van der Waals surface area contributed by atoms with Crippen molar-refractivity contribution in [2.45, 2.75) is 58.2 Å². The van der Waals surface area contributed by atoms with Crippen molar-refractivity contribution >= 4 is 6.09 Å². The van der Waals surface area contributed by atoms with Crippen molar-refractivity contribution < 1.29 is 9.53 Å². The molecule has 0 spiro atoms. The molecule has 0 unspecified atom stereocenters. The quantitative estimate of drug-likeness (QED) is 0.837. The first-order chi connectivity index (χ1) is 9.37. The molecular formula is C15H29N3O2. The predicted molar refractivity (Wildman–Crippen MR) is 79.9 cm³/mol. The van der Waals surface area contributed by atoms with Crippen LogP contribution >= 0.6 is 0 Å². The number of hydrogen-bond donors (Lipinski definition) is 1. The van der Waals surface area contributed by atoms with Gasteiger partial charge < -0.3 is 15.0 Å². The number of likely N-dealkylation sites (tertiary alicyclic amines) is 1. The molecule has 2 atom stereocenters. The summed E-state index contributed by atoms with van der Waals surface area (Å²) in [4.78, 5) is 16.5. The third kappa shape index (κ3) is 4.09. The lowest BCUT2D eigenvalue weighted by atomic mass is 10.1. The maximum Gasteiger partial charge on any atom is 0.410 e. The highest BCUT2D eigenvalue weighted by molar-refractivity contribution is 5.68. The molecule has 5 nitrogen and oxygen atoms in total. The van der Waals surface area contributed by atoms with Crippen LogP contribution in [0.2, 0.25) is 0 Å². The molecule has 0 aromatic heterocycles. The summed E-state index contributed by atoms with van der Waals surface area (Å²) in [6, 6.07) is 0.817. The number of nitrogens with zero attached hydrogens (tertiary/aromatic N) is 2. The lowest BCUT2D eigenvalue weighted by Gasteiger charge is -2.40. The highest BCUT2D eigenvalue weighted by Gasteiger charge is 2.32. The van der Waals surface area contributed by atoms with E-state index in [4.69, 9.17) is 4.74 Å². The lowest BCUT2D eigenvalue weighted by Crippen LogP contribution is -2.60. The summed E-state index contributed by atoms with van der Waals surface area (Å²) in [5.41, 5.74) is -0.419. The molecule has 0 aromatic rings. The van der Waals surface area contributed by atoms with Crippen LogP contribution in [0.5, 0.6) is 0 Å². The first-order valence-corrected chi connectivity index (χ1v) is 7.82. The molecule has 2 aliphatic rings. The summed E-state index contributed by atoms with van der Waals surface area (Å²) in [5.74, 6) is 0. The van der Waals surface area contributed by atoms with Crippen LogP contribution in [0.15, 0.2) is 0 Å². The van der Waals surface area contributed by atoms with Crippen molar-refractivity contribution in [3.63, 3.8) is 0 Å². The molecule has 0 radical (unpaired) electrons. The smallest absolute Gasteiger partial charge is 0.410 e. The summed E-state index contributed by atoms with van der Waals surface area (Å²) < 4.78 is 5.48. The Bertz CT molecular complexity index is 335. The van der Waals surface area contributed by atoms with Crippen molar-refractivity contribution in [3.05, 3.63) is 0 Å². The monoisotopic (exact) mass is 283 g/mol. The number of nitrogens with one attached hydrogen (secondary N) is 1. The third-order valence-electron chi connectivity index (χ3n) is 4.16. The Balaban J connectivity index is 1.89. The van der Waals surface area contributed by atoms with Gasteiger partial charge in [0.2, 0.25) is 0 Å². The average molecular weight is 283 g/mol. The fraction of sp³-hybridized carbons (Fsp3) is 0.933. The minimum atomic E-state index is -0.419. The Morgan fingerprint density at radius 1 is 1.25 bits per heavy atom. The van der Waals surface area contributed by atoms with Gasteiger partial charge in [0.1, 0.15) is 5.60 Å². The topological polar surface area (TPSA) is 44.8 Å². The minimum Gasteiger partial charge on any atom is -0.444 e. The molecule has 5 heteroatoms. The number of carbonyl (C=O) groups excluding carboxylic acids is 1. The first-order valence-electron chi connectivity index (χ1n) is 7.82. The molecule has 20 heavy (non-hydrogen) atoms. The number of rotatable bonds is 2. The van der Waals surface area contributed by atoms with E-state index in [1.807, 2.05) is 25.7 Å². The van der Waals surface area contributed by atoms with Crippen LogP contribution in [0.25, 0.3) is 0 Å². The summed E-state index contributed by atoms with van der Waals surface area (Å²) in [6.07, 6.45) is 2.41. The molecule has 1 N–H and O–H groups in total. The zero-order valence-corrected chi connectivity index (χ0v) is 13.3. The Morgan fingerprint density at radius 2 is 1.90 bits per heavy atom. The Labute approximate surface area is 122 Å². The zero-order chi connectivity index (χ0) is 14.8. The largest absolute Gasteiger partial charge is 0.444 e. The minimum absolute atomic E-state index is 0.183. The number of amides is 1. The van der Waals surface area contributed by atoms with Crippen molar-refractivity contribution in [2.24, 2.45) is 0 Å². The molecule has 0 aliphatic carbocycles. The second kappa shape index (κ2) is 6.31. The van der Waals surface area contributed by atoms with Crippen LogP contribution < -0.4 is 5.32 Å². The summed E-state index contributed by atoms with van der Waals surface area (Å²) in [6.45, 7) is 12.7. The zero-order valence-electron chi connectivity index (χ0n) is 13.3. The van der Waals surface area contributed by atoms with Gasteiger partial charge in [0, 0.05) is 31.7 Å². The van der Waals surface area contributed by atoms with E-state index in [0.29, 0.717) is 12.1 Å². The molecule has 2 saturated heterocycles. The van der Waals surface area contributed by atoms with Crippen molar-refractivity contribution in [1.29, 1.82) is 0 Å².